The Hall–Kier alpha value is -2.53. The van der Waals surface area contributed by atoms with Crippen molar-refractivity contribution in [3.63, 3.8) is 0 Å². The molecule has 2 unspecified atom stereocenters. The van der Waals surface area contributed by atoms with Gasteiger partial charge in [-0.05, 0) is 56.9 Å². The van der Waals surface area contributed by atoms with Crippen LogP contribution in [0.4, 0.5) is 0 Å². The molecule has 5 heteroatoms. The van der Waals surface area contributed by atoms with Gasteiger partial charge in [-0.3, -0.25) is 5.10 Å². The van der Waals surface area contributed by atoms with Gasteiger partial charge in [-0.2, -0.15) is 15.6 Å². The molecule has 24 heavy (non-hydrogen) atoms. The van der Waals surface area contributed by atoms with Crippen molar-refractivity contribution in [2.75, 3.05) is 6.54 Å². The van der Waals surface area contributed by atoms with E-state index in [4.69, 9.17) is 0 Å². The summed E-state index contributed by atoms with van der Waals surface area (Å²) in [7, 11) is 0. The molecular formula is C19H21N5. The Kier molecular flexibility index (Phi) is 3.65. The minimum atomic E-state index is -0.0487. The number of nitriles is 2. The first-order chi connectivity index (χ1) is 11.7. The molecule has 1 aromatic rings. The number of allylic oxidation sites excluding steroid dienone is 4. The van der Waals surface area contributed by atoms with Crippen molar-refractivity contribution in [1.82, 2.24) is 15.1 Å². The number of aromatic nitrogens is 2. The van der Waals surface area contributed by atoms with E-state index in [2.05, 4.69) is 34.2 Å². The van der Waals surface area contributed by atoms with E-state index in [1.165, 1.54) is 17.0 Å². The molecule has 1 N–H and O–H groups in total. The van der Waals surface area contributed by atoms with Gasteiger partial charge >= 0.3 is 0 Å². The Bertz CT molecular complexity index is 814. The normalized spacial score (nSPS) is 26.5. The van der Waals surface area contributed by atoms with Crippen LogP contribution in [0.15, 0.2) is 28.7 Å². The highest BCUT2D eigenvalue weighted by atomic mass is 15.2. The van der Waals surface area contributed by atoms with Crippen LogP contribution in [0.25, 0.3) is 0 Å². The Morgan fingerprint density at radius 2 is 2.04 bits per heavy atom. The van der Waals surface area contributed by atoms with Crippen LogP contribution in [0.2, 0.25) is 0 Å². The molecule has 2 atom stereocenters. The first-order valence-corrected chi connectivity index (χ1v) is 8.77. The number of nitrogens with zero attached hydrogens (tertiary/aromatic N) is 4. The van der Waals surface area contributed by atoms with Gasteiger partial charge in [0.25, 0.3) is 0 Å². The molecule has 0 amide bonds. The van der Waals surface area contributed by atoms with Crippen molar-refractivity contribution in [1.29, 1.82) is 10.5 Å². The third-order valence-electron chi connectivity index (χ3n) is 5.87. The average molecular weight is 319 g/mol. The number of piperidine rings is 1. The van der Waals surface area contributed by atoms with Crippen molar-refractivity contribution < 1.29 is 0 Å². The van der Waals surface area contributed by atoms with Crippen LogP contribution in [-0.4, -0.2) is 21.6 Å². The zero-order valence-corrected chi connectivity index (χ0v) is 14.0. The zero-order valence-electron chi connectivity index (χ0n) is 14.0. The number of hydrogen-bond donors (Lipinski definition) is 1. The summed E-state index contributed by atoms with van der Waals surface area (Å²) in [5.41, 5.74) is 6.33. The summed E-state index contributed by atoms with van der Waals surface area (Å²) in [5.74, 6) is 0.262. The summed E-state index contributed by atoms with van der Waals surface area (Å²) in [6.07, 6.45) is 7.97. The van der Waals surface area contributed by atoms with Crippen LogP contribution in [0.5, 0.6) is 0 Å². The number of H-pyrrole nitrogens is 1. The van der Waals surface area contributed by atoms with Crippen LogP contribution < -0.4 is 0 Å². The maximum Gasteiger partial charge on any atom is 0.0972 e. The highest BCUT2D eigenvalue weighted by molar-refractivity contribution is 5.49. The summed E-state index contributed by atoms with van der Waals surface area (Å²) < 4.78 is 0. The van der Waals surface area contributed by atoms with Crippen molar-refractivity contribution >= 4 is 0 Å². The minimum absolute atomic E-state index is 0.0487. The van der Waals surface area contributed by atoms with Gasteiger partial charge in [0.2, 0.25) is 0 Å². The van der Waals surface area contributed by atoms with Crippen LogP contribution in [0, 0.1) is 34.5 Å². The summed E-state index contributed by atoms with van der Waals surface area (Å²) in [5, 5.41) is 27.0. The van der Waals surface area contributed by atoms with Gasteiger partial charge in [-0.15, -0.1) is 0 Å². The summed E-state index contributed by atoms with van der Waals surface area (Å²) >= 11 is 0. The van der Waals surface area contributed by atoms with E-state index in [9.17, 15) is 10.5 Å². The molecule has 0 bridgehead atoms. The average Bonchev–Trinajstić information content (AvgIpc) is 3.09. The highest BCUT2D eigenvalue weighted by Gasteiger charge is 2.40. The third-order valence-corrected chi connectivity index (χ3v) is 5.87. The molecular weight excluding hydrogens is 298 g/mol. The van der Waals surface area contributed by atoms with E-state index in [-0.39, 0.29) is 5.92 Å². The molecule has 0 spiro atoms. The Labute approximate surface area is 142 Å². The van der Waals surface area contributed by atoms with Gasteiger partial charge in [0.1, 0.15) is 0 Å². The van der Waals surface area contributed by atoms with E-state index < -0.39 is 0 Å². The second-order valence-electron chi connectivity index (χ2n) is 7.05. The molecule has 1 aliphatic carbocycles. The first kappa shape index (κ1) is 15.0. The van der Waals surface area contributed by atoms with Crippen LogP contribution >= 0.6 is 0 Å². The van der Waals surface area contributed by atoms with Gasteiger partial charge < -0.3 is 4.90 Å². The van der Waals surface area contributed by atoms with E-state index in [0.717, 1.165) is 61.9 Å². The zero-order chi connectivity index (χ0) is 16.7. The van der Waals surface area contributed by atoms with Crippen molar-refractivity contribution in [2.45, 2.75) is 45.4 Å². The Morgan fingerprint density at radius 1 is 1.21 bits per heavy atom. The van der Waals surface area contributed by atoms with Crippen molar-refractivity contribution in [3.8, 4) is 12.1 Å². The molecule has 3 aliphatic rings. The number of rotatable bonds is 1. The number of aromatic amines is 1. The second-order valence-corrected chi connectivity index (χ2v) is 7.05. The molecule has 122 valence electrons. The third kappa shape index (κ3) is 2.16. The van der Waals surface area contributed by atoms with Gasteiger partial charge in [-0.25, -0.2) is 0 Å². The van der Waals surface area contributed by atoms with Crippen molar-refractivity contribution in [3.05, 3.63) is 40.0 Å². The maximum absolute atomic E-state index is 9.90. The molecule has 1 fully saturated rings. The van der Waals surface area contributed by atoms with Crippen LogP contribution in [0.3, 0.4) is 0 Å². The predicted octanol–water partition coefficient (Wildman–Crippen LogP) is 3.21. The standard InChI is InChI=1S/C19H21N5/c1-12-15(9-20)19(13-5-6-17-14(8-13)11-22-23-17)16(10-21)18-4-2-3-7-24(12)18/h11,13,19H,2-8H2,1H3,(H,22,23). The van der Waals surface area contributed by atoms with E-state index >= 15 is 0 Å². The molecule has 4 rings (SSSR count). The van der Waals surface area contributed by atoms with Crippen molar-refractivity contribution in [2.24, 2.45) is 11.8 Å². The molecule has 2 aliphatic heterocycles. The monoisotopic (exact) mass is 319 g/mol. The van der Waals surface area contributed by atoms with Gasteiger partial charge in [0, 0.05) is 29.6 Å². The van der Waals surface area contributed by atoms with Gasteiger partial charge in [0.15, 0.2) is 0 Å². The molecule has 0 aromatic carbocycles. The number of fused-ring (bicyclic) bond motifs is 2. The quantitative estimate of drug-likeness (QED) is 0.862. The maximum atomic E-state index is 9.90. The van der Waals surface area contributed by atoms with Crippen LogP contribution in [0.1, 0.15) is 43.9 Å². The largest absolute Gasteiger partial charge is 0.347 e. The molecule has 1 saturated heterocycles. The lowest BCUT2D eigenvalue weighted by Crippen LogP contribution is -2.37. The fourth-order valence-electron chi connectivity index (χ4n) is 4.66. The molecule has 5 nitrogen and oxygen atoms in total. The van der Waals surface area contributed by atoms with E-state index in [1.54, 1.807) is 0 Å². The number of hydrogen-bond acceptors (Lipinski definition) is 4. The Morgan fingerprint density at radius 3 is 2.83 bits per heavy atom. The lowest BCUT2D eigenvalue weighted by atomic mass is 9.70. The summed E-state index contributed by atoms with van der Waals surface area (Å²) in [6.45, 7) is 2.98. The molecule has 0 saturated carbocycles. The van der Waals surface area contributed by atoms with E-state index in [0.29, 0.717) is 5.92 Å². The Balaban J connectivity index is 1.78. The molecule has 0 radical (unpaired) electrons. The fourth-order valence-corrected chi connectivity index (χ4v) is 4.66. The second kappa shape index (κ2) is 5.83. The lowest BCUT2D eigenvalue weighted by Gasteiger charge is -2.42. The summed E-state index contributed by atoms with van der Waals surface area (Å²) in [6, 6.07) is 4.93. The van der Waals surface area contributed by atoms with Gasteiger partial charge in [-0.1, -0.05) is 0 Å². The summed E-state index contributed by atoms with van der Waals surface area (Å²) in [4.78, 5) is 2.23. The predicted molar refractivity (Wildman–Crippen MR) is 89.1 cm³/mol. The lowest BCUT2D eigenvalue weighted by molar-refractivity contribution is 0.300. The molecule has 3 heterocycles. The number of aryl methyl sites for hydroxylation is 1. The fraction of sp³-hybridized carbons (Fsp3) is 0.526. The minimum Gasteiger partial charge on any atom is -0.347 e. The highest BCUT2D eigenvalue weighted by Crippen LogP contribution is 2.45. The number of nitrogens with one attached hydrogen (secondary N) is 1. The SMILES string of the molecule is CC1=C(C#N)C(C2CCc3[nH]ncc3C2)C(C#N)=C2CCCCN12. The molecule has 1 aromatic heterocycles. The van der Waals surface area contributed by atoms with E-state index in [1.807, 2.05) is 6.20 Å². The first-order valence-electron chi connectivity index (χ1n) is 8.77. The van der Waals surface area contributed by atoms with Crippen LogP contribution in [-0.2, 0) is 12.8 Å². The smallest absolute Gasteiger partial charge is 0.0972 e. The van der Waals surface area contributed by atoms with Gasteiger partial charge in [0.05, 0.1) is 29.5 Å². The topological polar surface area (TPSA) is 79.5 Å².